The van der Waals surface area contributed by atoms with Gasteiger partial charge in [0.15, 0.2) is 0 Å². The zero-order valence-corrected chi connectivity index (χ0v) is 7.10. The average molecular weight is 182 g/mol. The summed E-state index contributed by atoms with van der Waals surface area (Å²) in [5.74, 6) is 0.473. The van der Waals surface area contributed by atoms with Gasteiger partial charge in [0, 0.05) is 0 Å². The van der Waals surface area contributed by atoms with E-state index < -0.39 is 5.69 Å². The molecule has 0 saturated heterocycles. The monoisotopic (exact) mass is 182 g/mol. The summed E-state index contributed by atoms with van der Waals surface area (Å²) in [6.07, 6.45) is 0.852. The summed E-state index contributed by atoms with van der Waals surface area (Å²) in [7, 11) is 0. The van der Waals surface area contributed by atoms with E-state index >= 15 is 0 Å². The lowest BCUT2D eigenvalue weighted by Crippen LogP contribution is -2.23. The van der Waals surface area contributed by atoms with Crippen LogP contribution in [0.25, 0.3) is 0 Å². The van der Waals surface area contributed by atoms with Crippen LogP contribution in [0.2, 0.25) is 0 Å². The van der Waals surface area contributed by atoms with Crippen molar-refractivity contribution < 1.29 is 0 Å². The molecule has 0 saturated carbocycles. The standard InChI is InChI=1S/C7H10N4O2/c1-2-3-8-4-5(9-3)10-7(13)11-6(4)12/h3,8H,2H2,1H3,(H3,9,10,11,12,13). The van der Waals surface area contributed by atoms with Crippen LogP contribution in [0.3, 0.4) is 0 Å². The van der Waals surface area contributed by atoms with E-state index in [1.807, 2.05) is 6.92 Å². The molecule has 13 heavy (non-hydrogen) atoms. The van der Waals surface area contributed by atoms with Crippen LogP contribution in [-0.2, 0) is 0 Å². The first kappa shape index (κ1) is 7.90. The maximum atomic E-state index is 11.2. The van der Waals surface area contributed by atoms with Crippen LogP contribution in [0.15, 0.2) is 9.59 Å². The number of nitrogens with one attached hydrogen (secondary N) is 4. The van der Waals surface area contributed by atoms with Gasteiger partial charge in [0.1, 0.15) is 11.5 Å². The number of aromatic amines is 2. The maximum absolute atomic E-state index is 11.2. The molecule has 1 aliphatic heterocycles. The molecule has 0 spiro atoms. The fourth-order valence-electron chi connectivity index (χ4n) is 1.32. The Balaban J connectivity index is 2.52. The molecule has 0 aromatic carbocycles. The van der Waals surface area contributed by atoms with Crippen molar-refractivity contribution in [2.24, 2.45) is 0 Å². The number of anilines is 2. The van der Waals surface area contributed by atoms with Gasteiger partial charge in [-0.1, -0.05) is 6.92 Å². The number of hydrogen-bond acceptors (Lipinski definition) is 4. The number of fused-ring (bicyclic) bond motifs is 1. The molecular formula is C7H10N4O2. The highest BCUT2D eigenvalue weighted by Gasteiger charge is 2.21. The van der Waals surface area contributed by atoms with E-state index in [1.165, 1.54) is 0 Å². The zero-order valence-electron chi connectivity index (χ0n) is 7.10. The van der Waals surface area contributed by atoms with Crippen LogP contribution in [0.1, 0.15) is 13.3 Å². The lowest BCUT2D eigenvalue weighted by atomic mass is 10.4. The molecule has 1 aromatic heterocycles. The van der Waals surface area contributed by atoms with E-state index in [0.29, 0.717) is 11.5 Å². The molecule has 2 heterocycles. The van der Waals surface area contributed by atoms with Crippen LogP contribution in [0.5, 0.6) is 0 Å². The van der Waals surface area contributed by atoms with Gasteiger partial charge in [0.2, 0.25) is 0 Å². The summed E-state index contributed by atoms with van der Waals surface area (Å²) in [4.78, 5) is 26.7. The summed E-state index contributed by atoms with van der Waals surface area (Å²) in [5, 5.41) is 5.93. The van der Waals surface area contributed by atoms with Gasteiger partial charge in [0.25, 0.3) is 5.56 Å². The van der Waals surface area contributed by atoms with Gasteiger partial charge >= 0.3 is 5.69 Å². The minimum Gasteiger partial charge on any atom is -0.358 e. The Morgan fingerprint density at radius 3 is 2.69 bits per heavy atom. The maximum Gasteiger partial charge on any atom is 0.327 e. The van der Waals surface area contributed by atoms with E-state index in [0.717, 1.165) is 6.42 Å². The number of aromatic nitrogens is 2. The van der Waals surface area contributed by atoms with E-state index in [1.54, 1.807) is 0 Å². The second-order valence-corrected chi connectivity index (χ2v) is 2.91. The number of rotatable bonds is 1. The number of hydrogen-bond donors (Lipinski definition) is 4. The fraction of sp³-hybridized carbons (Fsp3) is 0.429. The first-order valence-electron chi connectivity index (χ1n) is 4.10. The zero-order chi connectivity index (χ0) is 9.42. The molecular weight excluding hydrogens is 172 g/mol. The van der Waals surface area contributed by atoms with Crippen molar-refractivity contribution in [3.05, 3.63) is 20.8 Å². The van der Waals surface area contributed by atoms with Gasteiger partial charge in [-0.25, -0.2) is 4.79 Å². The Kier molecular flexibility index (Phi) is 1.61. The Hall–Kier alpha value is -1.72. The van der Waals surface area contributed by atoms with Crippen molar-refractivity contribution in [3.8, 4) is 0 Å². The molecule has 6 nitrogen and oxygen atoms in total. The second kappa shape index (κ2) is 2.65. The Bertz CT molecular complexity index is 433. The van der Waals surface area contributed by atoms with Gasteiger partial charge in [-0.3, -0.25) is 14.8 Å². The molecule has 0 amide bonds. The van der Waals surface area contributed by atoms with Crippen LogP contribution in [-0.4, -0.2) is 16.1 Å². The topological polar surface area (TPSA) is 89.8 Å². The van der Waals surface area contributed by atoms with Gasteiger partial charge in [-0.05, 0) is 6.42 Å². The molecule has 0 aliphatic carbocycles. The van der Waals surface area contributed by atoms with Crippen LogP contribution >= 0.6 is 0 Å². The summed E-state index contributed by atoms with van der Waals surface area (Å²) >= 11 is 0. The van der Waals surface area contributed by atoms with E-state index in [2.05, 4.69) is 20.6 Å². The van der Waals surface area contributed by atoms with Gasteiger partial charge in [-0.15, -0.1) is 0 Å². The lowest BCUT2D eigenvalue weighted by molar-refractivity contribution is 0.799. The van der Waals surface area contributed by atoms with E-state index in [-0.39, 0.29) is 11.7 Å². The van der Waals surface area contributed by atoms with Crippen LogP contribution < -0.4 is 21.9 Å². The van der Waals surface area contributed by atoms with Crippen molar-refractivity contribution in [2.75, 3.05) is 10.6 Å². The third-order valence-corrected chi connectivity index (χ3v) is 1.99. The Morgan fingerprint density at radius 1 is 1.23 bits per heavy atom. The highest BCUT2D eigenvalue weighted by atomic mass is 16.2. The van der Waals surface area contributed by atoms with Crippen LogP contribution in [0, 0.1) is 0 Å². The molecule has 0 fully saturated rings. The third-order valence-electron chi connectivity index (χ3n) is 1.99. The minimum atomic E-state index is -0.491. The molecule has 1 aliphatic rings. The minimum absolute atomic E-state index is 0.0224. The van der Waals surface area contributed by atoms with Gasteiger partial charge < -0.3 is 10.6 Å². The molecule has 6 heteroatoms. The van der Waals surface area contributed by atoms with Crippen molar-refractivity contribution in [2.45, 2.75) is 19.5 Å². The van der Waals surface area contributed by atoms with Crippen molar-refractivity contribution in [1.29, 1.82) is 0 Å². The summed E-state index contributed by atoms with van der Waals surface area (Å²) in [6.45, 7) is 1.98. The molecule has 4 N–H and O–H groups in total. The fourth-order valence-corrected chi connectivity index (χ4v) is 1.32. The highest BCUT2D eigenvalue weighted by Crippen LogP contribution is 2.21. The summed E-state index contributed by atoms with van der Waals surface area (Å²) in [6, 6.07) is 0. The third kappa shape index (κ3) is 1.20. The van der Waals surface area contributed by atoms with Crippen molar-refractivity contribution >= 4 is 11.5 Å². The first-order valence-corrected chi connectivity index (χ1v) is 4.10. The highest BCUT2D eigenvalue weighted by molar-refractivity contribution is 5.68. The molecule has 1 aromatic rings. The van der Waals surface area contributed by atoms with Crippen molar-refractivity contribution in [3.63, 3.8) is 0 Å². The lowest BCUT2D eigenvalue weighted by Gasteiger charge is -2.06. The molecule has 0 bridgehead atoms. The first-order chi connectivity index (χ1) is 6.20. The van der Waals surface area contributed by atoms with E-state index in [4.69, 9.17) is 0 Å². The molecule has 0 radical (unpaired) electrons. The second-order valence-electron chi connectivity index (χ2n) is 2.91. The van der Waals surface area contributed by atoms with Gasteiger partial charge in [0.05, 0.1) is 6.17 Å². The predicted molar refractivity (Wildman–Crippen MR) is 49.0 cm³/mol. The molecule has 1 unspecified atom stereocenters. The van der Waals surface area contributed by atoms with Gasteiger partial charge in [-0.2, -0.15) is 0 Å². The van der Waals surface area contributed by atoms with Crippen molar-refractivity contribution in [1.82, 2.24) is 9.97 Å². The Morgan fingerprint density at radius 2 is 2.00 bits per heavy atom. The SMILES string of the molecule is CCC1Nc2[nH]c(=O)[nH]c(=O)c2N1. The molecule has 1 atom stereocenters. The summed E-state index contributed by atoms with van der Waals surface area (Å²) in [5.41, 5.74) is -0.469. The predicted octanol–water partition coefficient (Wildman–Crippen LogP) is -0.363. The van der Waals surface area contributed by atoms with E-state index in [9.17, 15) is 9.59 Å². The number of H-pyrrole nitrogens is 2. The average Bonchev–Trinajstić information content (AvgIpc) is 2.47. The normalized spacial score (nSPS) is 19.0. The summed E-state index contributed by atoms with van der Waals surface area (Å²) < 4.78 is 0. The largest absolute Gasteiger partial charge is 0.358 e. The quantitative estimate of drug-likeness (QED) is 0.477. The molecule has 2 rings (SSSR count). The smallest absolute Gasteiger partial charge is 0.327 e. The molecule has 70 valence electrons. The van der Waals surface area contributed by atoms with Crippen LogP contribution in [0.4, 0.5) is 11.5 Å². The Labute approximate surface area is 73.4 Å².